The van der Waals surface area contributed by atoms with Crippen LogP contribution in [0.2, 0.25) is 0 Å². The van der Waals surface area contributed by atoms with Gasteiger partial charge in [0.15, 0.2) is 0 Å². The predicted molar refractivity (Wildman–Crippen MR) is 58.7 cm³/mol. The highest BCUT2D eigenvalue weighted by molar-refractivity contribution is 5.98. The van der Waals surface area contributed by atoms with E-state index in [0.717, 1.165) is 22.6 Å². The molecule has 1 N–H and O–H groups in total. The first kappa shape index (κ1) is 9.71. The second-order valence-electron chi connectivity index (χ2n) is 3.66. The molecule has 0 aliphatic rings. The highest BCUT2D eigenvalue weighted by Crippen LogP contribution is 2.14. The lowest BCUT2D eigenvalue weighted by Crippen LogP contribution is -2.02. The molecule has 0 saturated carbocycles. The molecule has 78 valence electrons. The van der Waals surface area contributed by atoms with Gasteiger partial charge in [-0.3, -0.25) is 4.40 Å². The fourth-order valence-electron chi connectivity index (χ4n) is 1.75. The monoisotopic (exact) mass is 203 g/mol. The van der Waals surface area contributed by atoms with Crippen LogP contribution in [0.1, 0.15) is 23.9 Å². The quantitative estimate of drug-likeness (QED) is 0.438. The zero-order chi connectivity index (χ0) is 11.0. The van der Waals surface area contributed by atoms with E-state index in [1.807, 2.05) is 36.6 Å². The molecule has 0 fully saturated rings. The second-order valence-corrected chi connectivity index (χ2v) is 3.66. The number of hydrogen-bond acceptors (Lipinski definition) is 3. The third-order valence-electron chi connectivity index (χ3n) is 2.45. The van der Waals surface area contributed by atoms with Crippen molar-refractivity contribution in [1.29, 1.82) is 0 Å². The fraction of sp³-hybridized carbons (Fsp3) is 0.273. The Balaban J connectivity index is 2.79. The van der Waals surface area contributed by atoms with Crippen LogP contribution >= 0.6 is 0 Å². The van der Waals surface area contributed by atoms with Gasteiger partial charge in [-0.1, -0.05) is 5.16 Å². The van der Waals surface area contributed by atoms with Crippen LogP contribution in [0, 0.1) is 13.8 Å². The minimum absolute atomic E-state index is 0.573. The number of hydrogen-bond donors (Lipinski definition) is 1. The summed E-state index contributed by atoms with van der Waals surface area (Å²) >= 11 is 0. The maximum Gasteiger partial charge on any atom is 0.137 e. The summed E-state index contributed by atoms with van der Waals surface area (Å²) < 4.78 is 1.93. The zero-order valence-corrected chi connectivity index (χ0v) is 9.02. The fourth-order valence-corrected chi connectivity index (χ4v) is 1.75. The Hall–Kier alpha value is -1.84. The molecule has 0 unspecified atom stereocenters. The summed E-state index contributed by atoms with van der Waals surface area (Å²) in [5, 5.41) is 12.0. The van der Waals surface area contributed by atoms with E-state index in [9.17, 15) is 0 Å². The number of pyridine rings is 1. The molecule has 2 rings (SSSR count). The van der Waals surface area contributed by atoms with Crippen LogP contribution in [0.3, 0.4) is 0 Å². The van der Waals surface area contributed by atoms with Gasteiger partial charge in [-0.2, -0.15) is 0 Å². The Morgan fingerprint density at radius 3 is 2.87 bits per heavy atom. The van der Waals surface area contributed by atoms with Crippen molar-refractivity contribution in [2.45, 2.75) is 20.8 Å². The third-order valence-corrected chi connectivity index (χ3v) is 2.45. The maximum atomic E-state index is 8.79. The second kappa shape index (κ2) is 3.38. The lowest BCUT2D eigenvalue weighted by Gasteiger charge is -2.00. The highest BCUT2D eigenvalue weighted by Gasteiger charge is 2.11. The molecular formula is C11H13N3O. The van der Waals surface area contributed by atoms with Crippen molar-refractivity contribution < 1.29 is 5.21 Å². The Bertz CT molecular complexity index is 540. The van der Waals surface area contributed by atoms with Gasteiger partial charge < -0.3 is 5.21 Å². The average molecular weight is 203 g/mol. The highest BCUT2D eigenvalue weighted by atomic mass is 16.4. The van der Waals surface area contributed by atoms with E-state index in [0.29, 0.717) is 5.71 Å². The van der Waals surface area contributed by atoms with Gasteiger partial charge in [0.05, 0.1) is 11.4 Å². The maximum absolute atomic E-state index is 8.79. The first-order valence-corrected chi connectivity index (χ1v) is 4.78. The lowest BCUT2D eigenvalue weighted by molar-refractivity contribution is 0.319. The van der Waals surface area contributed by atoms with Crippen molar-refractivity contribution in [2.24, 2.45) is 5.16 Å². The number of aryl methyl sites for hydroxylation is 2. The minimum Gasteiger partial charge on any atom is -0.411 e. The molecule has 0 amide bonds. The van der Waals surface area contributed by atoms with Crippen molar-refractivity contribution in [3.63, 3.8) is 0 Å². The molecule has 0 atom stereocenters. The molecule has 15 heavy (non-hydrogen) atoms. The van der Waals surface area contributed by atoms with Crippen LogP contribution in [0.4, 0.5) is 0 Å². The van der Waals surface area contributed by atoms with E-state index in [1.165, 1.54) is 0 Å². The van der Waals surface area contributed by atoms with E-state index < -0.39 is 0 Å². The predicted octanol–water partition coefficient (Wildman–Crippen LogP) is 2.15. The van der Waals surface area contributed by atoms with Crippen LogP contribution in [0.15, 0.2) is 23.5 Å². The molecule has 2 heterocycles. The van der Waals surface area contributed by atoms with Gasteiger partial charge in [0.25, 0.3) is 0 Å². The van der Waals surface area contributed by atoms with Gasteiger partial charge in [-0.15, -0.1) is 0 Å². The summed E-state index contributed by atoms with van der Waals surface area (Å²) in [6, 6.07) is 4.00. The van der Waals surface area contributed by atoms with E-state index in [-0.39, 0.29) is 0 Å². The van der Waals surface area contributed by atoms with E-state index in [2.05, 4.69) is 10.1 Å². The number of aromatic nitrogens is 2. The SMILES string of the molecule is CC(=NO)c1c(C)nc2cc(C)ccn12. The van der Waals surface area contributed by atoms with Crippen LogP contribution in [-0.2, 0) is 0 Å². The summed E-state index contributed by atoms with van der Waals surface area (Å²) in [6.07, 6.45) is 1.94. The molecular weight excluding hydrogens is 190 g/mol. The first-order chi connectivity index (χ1) is 7.13. The smallest absolute Gasteiger partial charge is 0.137 e. The van der Waals surface area contributed by atoms with Gasteiger partial charge in [-0.05, 0) is 38.5 Å². The standard InChI is InChI=1S/C11H13N3O/c1-7-4-5-14-10(6-7)12-8(2)11(14)9(3)13-15/h4-6,15H,1-3H3. The molecule has 0 bridgehead atoms. The zero-order valence-electron chi connectivity index (χ0n) is 9.02. The molecule has 0 spiro atoms. The Labute approximate surface area is 87.9 Å². The van der Waals surface area contributed by atoms with Crippen LogP contribution in [-0.4, -0.2) is 20.3 Å². The minimum atomic E-state index is 0.573. The van der Waals surface area contributed by atoms with Crippen molar-refractivity contribution in [3.8, 4) is 0 Å². The first-order valence-electron chi connectivity index (χ1n) is 4.78. The number of imidazole rings is 1. The van der Waals surface area contributed by atoms with Crippen molar-refractivity contribution in [2.75, 3.05) is 0 Å². The van der Waals surface area contributed by atoms with Crippen LogP contribution in [0.25, 0.3) is 5.65 Å². The summed E-state index contributed by atoms with van der Waals surface area (Å²) in [5.41, 5.74) is 4.34. The van der Waals surface area contributed by atoms with Gasteiger partial charge >= 0.3 is 0 Å². The molecule has 0 aliphatic carbocycles. The largest absolute Gasteiger partial charge is 0.411 e. The summed E-state index contributed by atoms with van der Waals surface area (Å²) in [6.45, 7) is 5.69. The van der Waals surface area contributed by atoms with Crippen LogP contribution in [0.5, 0.6) is 0 Å². The van der Waals surface area contributed by atoms with Gasteiger partial charge in [0, 0.05) is 6.20 Å². The number of oxime groups is 1. The number of rotatable bonds is 1. The van der Waals surface area contributed by atoms with Crippen molar-refractivity contribution >= 4 is 11.4 Å². The summed E-state index contributed by atoms with van der Waals surface area (Å²) in [4.78, 5) is 4.41. The van der Waals surface area contributed by atoms with Gasteiger partial charge in [0.2, 0.25) is 0 Å². The Morgan fingerprint density at radius 2 is 2.20 bits per heavy atom. The lowest BCUT2D eigenvalue weighted by atomic mass is 10.2. The van der Waals surface area contributed by atoms with E-state index >= 15 is 0 Å². The molecule has 0 aliphatic heterocycles. The van der Waals surface area contributed by atoms with Crippen LogP contribution < -0.4 is 0 Å². The van der Waals surface area contributed by atoms with Gasteiger partial charge in [-0.25, -0.2) is 4.98 Å². The Kier molecular flexibility index (Phi) is 2.19. The molecule has 0 aromatic carbocycles. The Morgan fingerprint density at radius 1 is 1.47 bits per heavy atom. The van der Waals surface area contributed by atoms with Crippen molar-refractivity contribution in [3.05, 3.63) is 35.3 Å². The average Bonchev–Trinajstić information content (AvgIpc) is 2.52. The topological polar surface area (TPSA) is 49.9 Å². The summed E-state index contributed by atoms with van der Waals surface area (Å²) in [7, 11) is 0. The van der Waals surface area contributed by atoms with Gasteiger partial charge in [0.1, 0.15) is 11.4 Å². The molecule has 0 radical (unpaired) electrons. The number of nitrogens with zero attached hydrogens (tertiary/aromatic N) is 3. The third kappa shape index (κ3) is 1.48. The molecule has 0 saturated heterocycles. The molecule has 2 aromatic rings. The molecule has 2 aromatic heterocycles. The van der Waals surface area contributed by atoms with E-state index in [4.69, 9.17) is 5.21 Å². The van der Waals surface area contributed by atoms with E-state index in [1.54, 1.807) is 6.92 Å². The molecule has 4 nitrogen and oxygen atoms in total. The summed E-state index contributed by atoms with van der Waals surface area (Å²) in [5.74, 6) is 0. The number of fused-ring (bicyclic) bond motifs is 1. The van der Waals surface area contributed by atoms with Crippen molar-refractivity contribution in [1.82, 2.24) is 9.38 Å². The normalized spacial score (nSPS) is 12.3. The molecule has 4 heteroatoms.